The van der Waals surface area contributed by atoms with Crippen molar-refractivity contribution >= 4 is 35.2 Å². The number of hydrogen-bond donors (Lipinski definition) is 1. The highest BCUT2D eigenvalue weighted by Gasteiger charge is 2.71. The van der Waals surface area contributed by atoms with Gasteiger partial charge in [0.25, 0.3) is 5.91 Å². The second-order valence-corrected chi connectivity index (χ2v) is 12.8. The van der Waals surface area contributed by atoms with E-state index in [9.17, 15) is 19.5 Å². The first-order valence-corrected chi connectivity index (χ1v) is 14.8. The minimum absolute atomic E-state index is 0.0170. The standard InChI is InChI=1S/C30H39N3O5S/c1-5-14-31-15-6-8-23-24(27(31)35)25-28(36)33(21(18-34)17-19(2)3)26-29(37)32(16-7-13-30(25,26)39-23)20-9-11-22(38-4)12-10-20/h6-13,19,21,23-26,34H,5,14-18H2,1-4H3/t21-,23-,24+,25+,26?,30+/m1/s1. The second-order valence-electron chi connectivity index (χ2n) is 11.3. The molecular weight excluding hydrogens is 514 g/mol. The van der Waals surface area contributed by atoms with E-state index in [2.05, 4.69) is 6.08 Å². The van der Waals surface area contributed by atoms with Crippen LogP contribution in [-0.4, -0.2) is 88.1 Å². The Morgan fingerprint density at radius 3 is 2.46 bits per heavy atom. The number of aliphatic hydroxyl groups is 1. The average Bonchev–Trinajstić information content (AvgIpc) is 3.25. The first kappa shape index (κ1) is 27.8. The molecule has 0 saturated carbocycles. The lowest BCUT2D eigenvalue weighted by molar-refractivity contribution is -0.144. The summed E-state index contributed by atoms with van der Waals surface area (Å²) in [7, 11) is 1.60. The fourth-order valence-electron chi connectivity index (χ4n) is 6.81. The van der Waals surface area contributed by atoms with Gasteiger partial charge in [-0.2, -0.15) is 0 Å². The van der Waals surface area contributed by atoms with Crippen LogP contribution in [0.25, 0.3) is 0 Å². The maximum atomic E-state index is 14.6. The molecule has 0 aromatic heterocycles. The Kier molecular flexibility index (Phi) is 7.84. The van der Waals surface area contributed by atoms with E-state index in [4.69, 9.17) is 4.74 Å². The number of aliphatic hydroxyl groups excluding tert-OH is 1. The number of methoxy groups -OCH3 is 1. The molecule has 210 valence electrons. The molecule has 8 nitrogen and oxygen atoms in total. The Hall–Kier alpha value is -2.78. The van der Waals surface area contributed by atoms with E-state index in [1.165, 1.54) is 0 Å². The van der Waals surface area contributed by atoms with Crippen LogP contribution in [-0.2, 0) is 14.4 Å². The van der Waals surface area contributed by atoms with Crippen molar-refractivity contribution in [2.45, 2.75) is 55.7 Å². The maximum Gasteiger partial charge on any atom is 0.251 e. The van der Waals surface area contributed by atoms with Crippen molar-refractivity contribution in [1.82, 2.24) is 9.80 Å². The number of likely N-dealkylation sites (tertiary alicyclic amines) is 1. The number of fused-ring (bicyclic) bond motifs is 2. The number of amides is 3. The van der Waals surface area contributed by atoms with Crippen LogP contribution < -0.4 is 9.64 Å². The zero-order valence-electron chi connectivity index (χ0n) is 23.2. The summed E-state index contributed by atoms with van der Waals surface area (Å²) >= 11 is 1.58. The van der Waals surface area contributed by atoms with E-state index < -0.39 is 28.7 Å². The van der Waals surface area contributed by atoms with Crippen molar-refractivity contribution < 1.29 is 24.2 Å². The monoisotopic (exact) mass is 553 g/mol. The summed E-state index contributed by atoms with van der Waals surface area (Å²) in [6.07, 6.45) is 9.48. The van der Waals surface area contributed by atoms with Crippen LogP contribution in [0.15, 0.2) is 48.6 Å². The predicted octanol–water partition coefficient (Wildman–Crippen LogP) is 3.11. The Labute approximate surface area is 235 Å². The van der Waals surface area contributed by atoms with Gasteiger partial charge in [-0.3, -0.25) is 14.4 Å². The number of hydrogen-bond acceptors (Lipinski definition) is 6. The quantitative estimate of drug-likeness (QED) is 0.498. The maximum absolute atomic E-state index is 14.6. The van der Waals surface area contributed by atoms with E-state index in [1.807, 2.05) is 68.2 Å². The molecule has 0 aliphatic carbocycles. The Morgan fingerprint density at radius 1 is 1.08 bits per heavy atom. The van der Waals surface area contributed by atoms with Crippen molar-refractivity contribution in [3.8, 4) is 5.75 Å². The molecule has 4 aliphatic rings. The van der Waals surface area contributed by atoms with Gasteiger partial charge in [-0.15, -0.1) is 11.8 Å². The van der Waals surface area contributed by atoms with E-state index in [-0.39, 0.29) is 35.5 Å². The number of rotatable bonds is 8. The van der Waals surface area contributed by atoms with Crippen molar-refractivity contribution in [2.24, 2.45) is 17.8 Å². The lowest BCUT2D eigenvalue weighted by atomic mass is 9.78. The number of nitrogens with zero attached hydrogens (tertiary/aromatic N) is 3. The number of carbonyl (C=O) groups is 3. The summed E-state index contributed by atoms with van der Waals surface area (Å²) in [4.78, 5) is 48.2. The molecule has 1 N–H and O–H groups in total. The third-order valence-corrected chi connectivity index (χ3v) is 10.1. The van der Waals surface area contributed by atoms with Crippen LogP contribution in [0.5, 0.6) is 5.75 Å². The summed E-state index contributed by atoms with van der Waals surface area (Å²) in [6.45, 7) is 7.42. The third kappa shape index (κ3) is 4.57. The van der Waals surface area contributed by atoms with E-state index in [0.29, 0.717) is 37.5 Å². The molecule has 2 saturated heterocycles. The molecule has 5 rings (SSSR count). The van der Waals surface area contributed by atoms with Gasteiger partial charge in [0.2, 0.25) is 11.8 Å². The second kappa shape index (κ2) is 11.0. The molecule has 0 radical (unpaired) electrons. The van der Waals surface area contributed by atoms with Crippen LogP contribution in [0.2, 0.25) is 0 Å². The molecular formula is C30H39N3O5S. The third-order valence-electron chi connectivity index (χ3n) is 8.41. The SMILES string of the molecule is CCCN1CC=C[C@H]2S[C@]34C=CCN(c5ccc(OC)cc5)C(=O)C3N([C@@H](CO)CC(C)C)C(=O)[C@@H]4[C@H]2C1=O. The van der Waals surface area contributed by atoms with Gasteiger partial charge in [0.05, 0.1) is 36.3 Å². The van der Waals surface area contributed by atoms with Gasteiger partial charge in [-0.25, -0.2) is 0 Å². The summed E-state index contributed by atoms with van der Waals surface area (Å²) in [5, 5.41) is 10.3. The number of anilines is 1. The lowest BCUT2D eigenvalue weighted by Gasteiger charge is -2.39. The largest absolute Gasteiger partial charge is 0.497 e. The highest BCUT2D eigenvalue weighted by molar-refractivity contribution is 8.02. The van der Waals surface area contributed by atoms with Gasteiger partial charge >= 0.3 is 0 Å². The molecule has 4 heterocycles. The fourth-order valence-corrected chi connectivity index (χ4v) is 8.80. The zero-order valence-corrected chi connectivity index (χ0v) is 24.0. The Bertz CT molecular complexity index is 1170. The smallest absolute Gasteiger partial charge is 0.251 e. The summed E-state index contributed by atoms with van der Waals surface area (Å²) < 4.78 is 4.41. The molecule has 2 fully saturated rings. The van der Waals surface area contributed by atoms with Gasteiger partial charge in [-0.1, -0.05) is 45.1 Å². The van der Waals surface area contributed by atoms with Crippen molar-refractivity contribution in [3.05, 3.63) is 48.6 Å². The molecule has 3 amide bonds. The molecule has 4 aliphatic heterocycles. The first-order valence-electron chi connectivity index (χ1n) is 14.0. The predicted molar refractivity (Wildman–Crippen MR) is 153 cm³/mol. The van der Waals surface area contributed by atoms with Gasteiger partial charge in [0.1, 0.15) is 11.8 Å². The number of benzene rings is 1. The van der Waals surface area contributed by atoms with Crippen LogP contribution >= 0.6 is 11.8 Å². The van der Waals surface area contributed by atoms with Gasteiger partial charge in [0.15, 0.2) is 0 Å². The van der Waals surface area contributed by atoms with Crippen LogP contribution in [0, 0.1) is 17.8 Å². The highest BCUT2D eigenvalue weighted by Crippen LogP contribution is 2.61. The van der Waals surface area contributed by atoms with Gasteiger partial charge in [-0.05, 0) is 43.0 Å². The number of ether oxygens (including phenoxy) is 1. The van der Waals surface area contributed by atoms with Gasteiger partial charge in [0, 0.05) is 30.6 Å². The summed E-state index contributed by atoms with van der Waals surface area (Å²) in [5.41, 5.74) is 0.713. The topological polar surface area (TPSA) is 90.4 Å². The Morgan fingerprint density at radius 2 is 1.82 bits per heavy atom. The normalized spacial score (nSPS) is 30.8. The van der Waals surface area contributed by atoms with E-state index in [1.54, 1.807) is 28.7 Å². The average molecular weight is 554 g/mol. The number of carbonyl (C=O) groups excluding carboxylic acids is 3. The molecule has 1 spiro atoms. The molecule has 1 aromatic rings. The summed E-state index contributed by atoms with van der Waals surface area (Å²) in [6, 6.07) is 5.98. The number of thioether (sulfide) groups is 1. The fraction of sp³-hybridized carbons (Fsp3) is 0.567. The minimum Gasteiger partial charge on any atom is -0.497 e. The Balaban J connectivity index is 1.62. The van der Waals surface area contributed by atoms with Crippen LogP contribution in [0.3, 0.4) is 0 Å². The molecule has 1 unspecified atom stereocenters. The minimum atomic E-state index is -0.898. The molecule has 0 bridgehead atoms. The molecule has 6 atom stereocenters. The van der Waals surface area contributed by atoms with Crippen LogP contribution in [0.4, 0.5) is 5.69 Å². The van der Waals surface area contributed by atoms with E-state index >= 15 is 0 Å². The first-order chi connectivity index (χ1) is 18.8. The summed E-state index contributed by atoms with van der Waals surface area (Å²) in [5.74, 6) is -0.729. The van der Waals surface area contributed by atoms with Crippen molar-refractivity contribution in [1.29, 1.82) is 0 Å². The molecule has 9 heteroatoms. The zero-order chi connectivity index (χ0) is 27.9. The highest BCUT2D eigenvalue weighted by atomic mass is 32.2. The lowest BCUT2D eigenvalue weighted by Crippen LogP contribution is -2.57. The van der Waals surface area contributed by atoms with Crippen molar-refractivity contribution in [3.63, 3.8) is 0 Å². The van der Waals surface area contributed by atoms with Crippen LogP contribution in [0.1, 0.15) is 33.6 Å². The van der Waals surface area contributed by atoms with E-state index in [0.717, 1.165) is 6.42 Å². The van der Waals surface area contributed by atoms with Gasteiger partial charge < -0.3 is 24.5 Å². The van der Waals surface area contributed by atoms with Crippen molar-refractivity contribution in [2.75, 3.05) is 38.3 Å². The molecule has 1 aromatic carbocycles. The molecule has 39 heavy (non-hydrogen) atoms.